The van der Waals surface area contributed by atoms with Crippen LogP contribution in [0.3, 0.4) is 0 Å². The molecule has 0 bridgehead atoms. The van der Waals surface area contributed by atoms with Gasteiger partial charge in [0.15, 0.2) is 12.4 Å². The van der Waals surface area contributed by atoms with Crippen molar-refractivity contribution in [1.82, 2.24) is 10.3 Å². The summed E-state index contributed by atoms with van der Waals surface area (Å²) < 4.78 is 18.6. The molecule has 8 nitrogen and oxygen atoms in total. The molecular formula is C12H16FIN4O4. The second-order valence-electron chi connectivity index (χ2n) is 4.02. The third-order valence-corrected chi connectivity index (χ3v) is 2.42. The van der Waals surface area contributed by atoms with E-state index in [1.165, 1.54) is 0 Å². The number of hydrogen-bond acceptors (Lipinski definition) is 5. The number of amides is 2. The first-order valence-corrected chi connectivity index (χ1v) is 6.15. The van der Waals surface area contributed by atoms with Crippen LogP contribution in [-0.2, 0) is 11.8 Å². The van der Waals surface area contributed by atoms with Crippen molar-refractivity contribution in [1.29, 1.82) is 0 Å². The standard InChI is InChI=1S/C12H15FN4O4.HI/c1-16-6-2-3-10(9-16)11(18)21-8-5-14-12(19)17(15-20)7-4-13;/h2-3,6,9H,4-5,7-8H2,1H3;1H. The van der Waals surface area contributed by atoms with E-state index >= 15 is 0 Å². The first-order chi connectivity index (χ1) is 10.1. The van der Waals surface area contributed by atoms with Crippen molar-refractivity contribution >= 4 is 12.0 Å². The molecule has 2 amide bonds. The number of rotatable bonds is 7. The van der Waals surface area contributed by atoms with E-state index in [0.29, 0.717) is 10.6 Å². The number of urea groups is 1. The number of nitrogens with one attached hydrogen (secondary N) is 1. The van der Waals surface area contributed by atoms with Crippen molar-refractivity contribution in [2.75, 3.05) is 26.4 Å². The minimum Gasteiger partial charge on any atom is -1.00 e. The molecule has 0 unspecified atom stereocenters. The van der Waals surface area contributed by atoms with Crippen LogP contribution in [0.2, 0.25) is 0 Å². The summed E-state index contributed by atoms with van der Waals surface area (Å²) in [6.07, 6.45) is 3.36. The molecule has 1 aromatic heterocycles. The van der Waals surface area contributed by atoms with Crippen molar-refractivity contribution < 1.29 is 47.3 Å². The Bertz CT molecular complexity index is 518. The first kappa shape index (κ1) is 20.1. The van der Waals surface area contributed by atoms with Gasteiger partial charge in [-0.15, -0.1) is 4.91 Å². The first-order valence-electron chi connectivity index (χ1n) is 6.15. The van der Waals surface area contributed by atoms with Gasteiger partial charge in [-0.25, -0.2) is 18.5 Å². The van der Waals surface area contributed by atoms with E-state index in [4.69, 9.17) is 4.74 Å². The number of aromatic nitrogens is 1. The Balaban J connectivity index is 0.00000441. The maximum atomic E-state index is 12.0. The predicted molar refractivity (Wildman–Crippen MR) is 69.8 cm³/mol. The van der Waals surface area contributed by atoms with Crippen LogP contribution in [0.1, 0.15) is 10.4 Å². The smallest absolute Gasteiger partial charge is 0.344 e. The van der Waals surface area contributed by atoms with Gasteiger partial charge in [-0.3, -0.25) is 0 Å². The molecule has 122 valence electrons. The van der Waals surface area contributed by atoms with E-state index in [9.17, 15) is 18.9 Å². The lowest BCUT2D eigenvalue weighted by atomic mass is 10.3. The minimum absolute atomic E-state index is 0. The Morgan fingerprint density at radius 1 is 1.50 bits per heavy atom. The molecular weight excluding hydrogens is 410 g/mol. The summed E-state index contributed by atoms with van der Waals surface area (Å²) in [6, 6.07) is 2.45. The number of pyridine rings is 1. The van der Waals surface area contributed by atoms with E-state index in [1.807, 2.05) is 0 Å². The number of halogens is 2. The molecule has 1 heterocycles. The summed E-state index contributed by atoms with van der Waals surface area (Å²) in [7, 11) is 1.77. The van der Waals surface area contributed by atoms with Gasteiger partial charge in [0.1, 0.15) is 25.9 Å². The third-order valence-electron chi connectivity index (χ3n) is 2.42. The molecule has 1 N–H and O–H groups in total. The molecule has 1 rings (SSSR count). The van der Waals surface area contributed by atoms with Crippen molar-refractivity contribution in [3.05, 3.63) is 35.0 Å². The van der Waals surface area contributed by atoms with E-state index in [-0.39, 0.29) is 37.1 Å². The Morgan fingerprint density at radius 2 is 2.23 bits per heavy atom. The second kappa shape index (κ2) is 10.8. The number of alkyl halides is 1. The van der Waals surface area contributed by atoms with E-state index in [1.54, 1.807) is 36.1 Å². The Labute approximate surface area is 143 Å². The van der Waals surface area contributed by atoms with E-state index in [2.05, 4.69) is 10.6 Å². The zero-order valence-corrected chi connectivity index (χ0v) is 14.0. The van der Waals surface area contributed by atoms with Crippen molar-refractivity contribution in [3.63, 3.8) is 0 Å². The lowest BCUT2D eigenvalue weighted by molar-refractivity contribution is -0.671. The quantitative estimate of drug-likeness (QED) is 0.129. The summed E-state index contributed by atoms with van der Waals surface area (Å²) >= 11 is 0. The van der Waals surface area contributed by atoms with Crippen LogP contribution in [0.4, 0.5) is 9.18 Å². The zero-order valence-electron chi connectivity index (χ0n) is 11.9. The van der Waals surface area contributed by atoms with Crippen LogP contribution in [0.5, 0.6) is 0 Å². The molecule has 0 aliphatic heterocycles. The fourth-order valence-corrected chi connectivity index (χ4v) is 1.44. The summed E-state index contributed by atoms with van der Waals surface area (Å²) in [5, 5.41) is 5.07. The monoisotopic (exact) mass is 426 g/mol. The second-order valence-corrected chi connectivity index (χ2v) is 4.02. The van der Waals surface area contributed by atoms with E-state index < -0.39 is 25.2 Å². The summed E-state index contributed by atoms with van der Waals surface area (Å²) in [5.74, 6) is -0.533. The molecule has 0 fully saturated rings. The molecule has 0 aliphatic rings. The zero-order chi connectivity index (χ0) is 15.7. The van der Waals surface area contributed by atoms with Gasteiger partial charge in [0.25, 0.3) is 0 Å². The summed E-state index contributed by atoms with van der Waals surface area (Å²) in [5.41, 5.74) is 0.375. The molecule has 1 aromatic rings. The molecule has 0 aromatic carbocycles. The third kappa shape index (κ3) is 6.74. The number of esters is 1. The fourth-order valence-electron chi connectivity index (χ4n) is 1.44. The minimum atomic E-state index is -0.876. The number of ether oxygens (including phenoxy) is 1. The average molecular weight is 426 g/mol. The highest BCUT2D eigenvalue weighted by Crippen LogP contribution is 1.97. The van der Waals surface area contributed by atoms with Crippen LogP contribution in [0.15, 0.2) is 29.8 Å². The van der Waals surface area contributed by atoms with Gasteiger partial charge in [0, 0.05) is 6.07 Å². The van der Waals surface area contributed by atoms with Crippen molar-refractivity contribution in [3.8, 4) is 0 Å². The Kier molecular flexibility index (Phi) is 9.91. The molecule has 22 heavy (non-hydrogen) atoms. The van der Waals surface area contributed by atoms with E-state index in [0.717, 1.165) is 0 Å². The number of aryl methyl sites for hydroxylation is 1. The SMILES string of the molecule is C[n+]1cccc(C(=O)OCCNC(=O)N(CCF)N=O)c1.[I-]. The molecule has 0 aliphatic carbocycles. The maximum Gasteiger partial charge on any atom is 0.344 e. The van der Waals surface area contributed by atoms with Crippen molar-refractivity contribution in [2.45, 2.75) is 0 Å². The molecule has 10 heteroatoms. The highest BCUT2D eigenvalue weighted by Gasteiger charge is 2.14. The number of nitrogens with zero attached hydrogens (tertiary/aromatic N) is 3. The molecule has 0 atom stereocenters. The van der Waals surface area contributed by atoms with Gasteiger partial charge in [-0.05, 0) is 6.07 Å². The van der Waals surface area contributed by atoms with Gasteiger partial charge < -0.3 is 34.0 Å². The normalized spacial score (nSPS) is 9.36. The fraction of sp³-hybridized carbons (Fsp3) is 0.417. The van der Waals surface area contributed by atoms with Crippen LogP contribution in [-0.4, -0.2) is 43.4 Å². The lowest BCUT2D eigenvalue weighted by Gasteiger charge is -2.12. The topological polar surface area (TPSA) is 91.9 Å². The molecule has 0 spiro atoms. The van der Waals surface area contributed by atoms with Crippen LogP contribution < -0.4 is 33.9 Å². The Hall–Kier alpha value is -1.85. The van der Waals surface area contributed by atoms with Crippen LogP contribution >= 0.6 is 0 Å². The highest BCUT2D eigenvalue weighted by atomic mass is 127. The number of carbonyl (C=O) groups excluding carboxylic acids is 2. The Morgan fingerprint density at radius 3 is 2.82 bits per heavy atom. The van der Waals surface area contributed by atoms with Gasteiger partial charge in [-0.1, -0.05) is 0 Å². The summed E-state index contributed by atoms with van der Waals surface area (Å²) in [4.78, 5) is 33.2. The maximum absolute atomic E-state index is 12.0. The van der Waals surface area contributed by atoms with Gasteiger partial charge >= 0.3 is 12.0 Å². The molecule has 0 saturated carbocycles. The van der Waals surface area contributed by atoms with Gasteiger partial charge in [0.05, 0.1) is 18.4 Å². The van der Waals surface area contributed by atoms with Gasteiger partial charge in [-0.2, -0.15) is 5.01 Å². The number of carbonyl (C=O) groups is 2. The number of nitroso groups, excluding NO2 is 1. The van der Waals surface area contributed by atoms with Crippen LogP contribution in [0.25, 0.3) is 0 Å². The lowest BCUT2D eigenvalue weighted by Crippen LogP contribution is -3.00. The van der Waals surface area contributed by atoms with Gasteiger partial charge in [0.2, 0.25) is 0 Å². The van der Waals surface area contributed by atoms with Crippen LogP contribution in [0, 0.1) is 4.91 Å². The molecule has 0 saturated heterocycles. The average Bonchev–Trinajstić information content (AvgIpc) is 2.48. The largest absolute Gasteiger partial charge is 1.00 e. The number of hydrogen-bond donors (Lipinski definition) is 1. The highest BCUT2D eigenvalue weighted by molar-refractivity contribution is 5.88. The summed E-state index contributed by atoms with van der Waals surface area (Å²) in [6.45, 7) is -1.39. The predicted octanol–water partition coefficient (Wildman–Crippen LogP) is -2.67. The van der Waals surface area contributed by atoms with Crippen molar-refractivity contribution in [2.24, 2.45) is 12.3 Å². The molecule has 0 radical (unpaired) electrons.